The van der Waals surface area contributed by atoms with Crippen molar-refractivity contribution in [1.29, 1.82) is 0 Å². The summed E-state index contributed by atoms with van der Waals surface area (Å²) in [5.74, 6) is -0.0492. The van der Waals surface area contributed by atoms with Crippen LogP contribution >= 0.6 is 0 Å². The standard InChI is InChI=1S/C13H20N2O2/c1-8-9(2)12(16)6-5-10(8)7-11(13(14)17)15(3)4/h5-6,11,16H,7H2,1-4H3,(H2,14,17)/t11-/m0/s1. The van der Waals surface area contributed by atoms with Crippen molar-refractivity contribution in [3.63, 3.8) is 0 Å². The maximum Gasteiger partial charge on any atom is 0.235 e. The van der Waals surface area contributed by atoms with Crippen LogP contribution in [0, 0.1) is 13.8 Å². The number of hydrogen-bond acceptors (Lipinski definition) is 3. The average Bonchev–Trinajstić information content (AvgIpc) is 2.24. The molecule has 1 atom stereocenters. The minimum absolute atomic E-state index is 0.284. The van der Waals surface area contributed by atoms with Crippen molar-refractivity contribution in [3.05, 3.63) is 28.8 Å². The third-order valence-corrected chi connectivity index (χ3v) is 3.24. The lowest BCUT2D eigenvalue weighted by molar-refractivity contribution is -0.122. The molecular formula is C13H20N2O2. The molecule has 94 valence electrons. The third-order valence-electron chi connectivity index (χ3n) is 3.24. The normalized spacial score (nSPS) is 12.8. The zero-order chi connectivity index (χ0) is 13.2. The number of hydrogen-bond donors (Lipinski definition) is 2. The number of benzene rings is 1. The smallest absolute Gasteiger partial charge is 0.235 e. The van der Waals surface area contributed by atoms with Crippen LogP contribution in [0.4, 0.5) is 0 Å². The number of phenols is 1. The highest BCUT2D eigenvalue weighted by molar-refractivity contribution is 5.80. The molecule has 1 aromatic carbocycles. The van der Waals surface area contributed by atoms with Gasteiger partial charge in [-0.05, 0) is 57.1 Å². The topological polar surface area (TPSA) is 66.6 Å². The van der Waals surface area contributed by atoms with Gasteiger partial charge in [0.2, 0.25) is 5.91 Å². The predicted octanol–water partition coefficient (Wildman–Crippen LogP) is 0.967. The van der Waals surface area contributed by atoms with Crippen molar-refractivity contribution in [2.75, 3.05) is 14.1 Å². The van der Waals surface area contributed by atoms with Crippen LogP contribution in [0.5, 0.6) is 5.75 Å². The minimum atomic E-state index is -0.333. The molecule has 0 unspecified atom stereocenters. The van der Waals surface area contributed by atoms with Gasteiger partial charge in [0.25, 0.3) is 0 Å². The SMILES string of the molecule is Cc1c(O)ccc(C[C@@H](C(N)=O)N(C)C)c1C. The highest BCUT2D eigenvalue weighted by Gasteiger charge is 2.19. The first kappa shape index (κ1) is 13.5. The van der Waals surface area contributed by atoms with Crippen molar-refractivity contribution in [3.8, 4) is 5.75 Å². The molecule has 0 fully saturated rings. The molecule has 0 radical (unpaired) electrons. The molecule has 4 nitrogen and oxygen atoms in total. The van der Waals surface area contributed by atoms with Gasteiger partial charge >= 0.3 is 0 Å². The van der Waals surface area contributed by atoms with E-state index in [-0.39, 0.29) is 17.7 Å². The van der Waals surface area contributed by atoms with Gasteiger partial charge in [-0.25, -0.2) is 0 Å². The molecule has 0 heterocycles. The summed E-state index contributed by atoms with van der Waals surface area (Å²) in [7, 11) is 3.66. The number of carbonyl (C=O) groups is 1. The summed E-state index contributed by atoms with van der Waals surface area (Å²) < 4.78 is 0. The molecule has 0 spiro atoms. The van der Waals surface area contributed by atoms with Crippen LogP contribution in [-0.4, -0.2) is 36.1 Å². The van der Waals surface area contributed by atoms with Crippen LogP contribution in [0.3, 0.4) is 0 Å². The first-order valence-electron chi connectivity index (χ1n) is 5.58. The van der Waals surface area contributed by atoms with Crippen LogP contribution in [0.2, 0.25) is 0 Å². The number of amides is 1. The number of nitrogens with zero attached hydrogens (tertiary/aromatic N) is 1. The Labute approximate surface area is 102 Å². The van der Waals surface area contributed by atoms with Crippen LogP contribution in [0.15, 0.2) is 12.1 Å². The van der Waals surface area contributed by atoms with Gasteiger partial charge < -0.3 is 10.8 Å². The number of likely N-dealkylation sites (N-methyl/N-ethyl adjacent to an activating group) is 1. The first-order chi connectivity index (χ1) is 7.84. The van der Waals surface area contributed by atoms with Crippen LogP contribution in [0.25, 0.3) is 0 Å². The van der Waals surface area contributed by atoms with Gasteiger partial charge in [-0.15, -0.1) is 0 Å². The highest BCUT2D eigenvalue weighted by Crippen LogP contribution is 2.24. The Kier molecular flexibility index (Phi) is 4.12. The molecule has 0 saturated carbocycles. The summed E-state index contributed by atoms with van der Waals surface area (Å²) in [6.07, 6.45) is 0.565. The molecule has 0 aromatic heterocycles. The van der Waals surface area contributed by atoms with Crippen molar-refractivity contribution in [2.24, 2.45) is 5.73 Å². The van der Waals surface area contributed by atoms with Crippen LogP contribution < -0.4 is 5.73 Å². The van der Waals surface area contributed by atoms with Gasteiger partial charge in [0.15, 0.2) is 0 Å². The molecule has 3 N–H and O–H groups in total. The van der Waals surface area contributed by atoms with E-state index in [1.165, 1.54) is 0 Å². The van der Waals surface area contributed by atoms with E-state index in [1.807, 2.05) is 38.9 Å². The Morgan fingerprint density at radius 2 is 1.94 bits per heavy atom. The minimum Gasteiger partial charge on any atom is -0.508 e. The summed E-state index contributed by atoms with van der Waals surface area (Å²) in [5.41, 5.74) is 8.28. The fraction of sp³-hybridized carbons (Fsp3) is 0.462. The Morgan fingerprint density at radius 3 is 2.41 bits per heavy atom. The van der Waals surface area contributed by atoms with E-state index in [9.17, 15) is 9.90 Å². The number of primary amides is 1. The lowest BCUT2D eigenvalue weighted by atomic mass is 9.96. The van der Waals surface area contributed by atoms with E-state index in [2.05, 4.69) is 0 Å². The molecule has 0 aliphatic rings. The largest absolute Gasteiger partial charge is 0.508 e. The van der Waals surface area contributed by atoms with Gasteiger partial charge in [0, 0.05) is 0 Å². The second kappa shape index (κ2) is 5.19. The third kappa shape index (κ3) is 2.97. The van der Waals surface area contributed by atoms with Gasteiger partial charge in [-0.1, -0.05) is 6.07 Å². The van der Waals surface area contributed by atoms with Crippen LogP contribution in [0.1, 0.15) is 16.7 Å². The highest BCUT2D eigenvalue weighted by atomic mass is 16.3. The van der Waals surface area contributed by atoms with Crippen LogP contribution in [-0.2, 0) is 11.2 Å². The lowest BCUT2D eigenvalue weighted by Gasteiger charge is -2.22. The van der Waals surface area contributed by atoms with Crippen molar-refractivity contribution >= 4 is 5.91 Å². The molecule has 1 amide bonds. The average molecular weight is 236 g/mol. The Bertz CT molecular complexity index is 428. The summed E-state index contributed by atoms with van der Waals surface area (Å²) in [6, 6.07) is 3.18. The number of aromatic hydroxyl groups is 1. The number of phenolic OH excluding ortho intramolecular Hbond substituents is 1. The Balaban J connectivity index is 3.02. The molecule has 1 rings (SSSR count). The second-order valence-corrected chi connectivity index (χ2v) is 4.58. The molecule has 0 saturated heterocycles. The summed E-state index contributed by atoms with van der Waals surface area (Å²) in [6.45, 7) is 3.81. The van der Waals surface area contributed by atoms with Gasteiger partial charge in [0.05, 0.1) is 6.04 Å². The molecular weight excluding hydrogens is 216 g/mol. The summed E-state index contributed by atoms with van der Waals surface area (Å²) in [4.78, 5) is 13.1. The zero-order valence-corrected chi connectivity index (χ0v) is 10.8. The second-order valence-electron chi connectivity index (χ2n) is 4.58. The summed E-state index contributed by atoms with van der Waals surface area (Å²) >= 11 is 0. The fourth-order valence-corrected chi connectivity index (χ4v) is 1.83. The maximum atomic E-state index is 11.3. The van der Waals surface area contributed by atoms with E-state index in [4.69, 9.17) is 5.73 Å². The molecule has 0 aliphatic carbocycles. The van der Waals surface area contributed by atoms with E-state index in [0.29, 0.717) is 6.42 Å². The first-order valence-corrected chi connectivity index (χ1v) is 5.58. The van der Waals surface area contributed by atoms with Crippen molar-refractivity contribution in [2.45, 2.75) is 26.3 Å². The fourth-order valence-electron chi connectivity index (χ4n) is 1.83. The van der Waals surface area contributed by atoms with Crippen molar-refractivity contribution < 1.29 is 9.90 Å². The monoisotopic (exact) mass is 236 g/mol. The van der Waals surface area contributed by atoms with Gasteiger partial charge in [-0.2, -0.15) is 0 Å². The zero-order valence-electron chi connectivity index (χ0n) is 10.8. The van der Waals surface area contributed by atoms with Gasteiger partial charge in [0.1, 0.15) is 5.75 Å². The molecule has 4 heteroatoms. The maximum absolute atomic E-state index is 11.3. The molecule has 1 aromatic rings. The van der Waals surface area contributed by atoms with E-state index < -0.39 is 0 Å². The lowest BCUT2D eigenvalue weighted by Crippen LogP contribution is -2.42. The molecule has 0 aliphatic heterocycles. The number of carbonyl (C=O) groups excluding carboxylic acids is 1. The van der Waals surface area contributed by atoms with E-state index in [0.717, 1.165) is 16.7 Å². The Morgan fingerprint density at radius 1 is 1.35 bits per heavy atom. The number of nitrogens with two attached hydrogens (primary N) is 1. The Hall–Kier alpha value is -1.55. The summed E-state index contributed by atoms with van der Waals surface area (Å²) in [5, 5.41) is 9.57. The number of rotatable bonds is 4. The quantitative estimate of drug-likeness (QED) is 0.818. The van der Waals surface area contributed by atoms with E-state index in [1.54, 1.807) is 6.07 Å². The van der Waals surface area contributed by atoms with Crippen molar-refractivity contribution in [1.82, 2.24) is 4.90 Å². The van der Waals surface area contributed by atoms with E-state index >= 15 is 0 Å². The molecule has 0 bridgehead atoms. The predicted molar refractivity (Wildman–Crippen MR) is 68.0 cm³/mol. The van der Waals surface area contributed by atoms with Gasteiger partial charge in [-0.3, -0.25) is 9.69 Å². The molecule has 17 heavy (non-hydrogen) atoms.